The summed E-state index contributed by atoms with van der Waals surface area (Å²) in [5, 5.41) is 0.370. The van der Waals surface area contributed by atoms with Crippen molar-refractivity contribution in [3.8, 4) is 5.75 Å². The fourth-order valence-electron chi connectivity index (χ4n) is 3.02. The summed E-state index contributed by atoms with van der Waals surface area (Å²) < 4.78 is 45.5. The van der Waals surface area contributed by atoms with E-state index in [0.29, 0.717) is 16.4 Å². The van der Waals surface area contributed by atoms with E-state index < -0.39 is 17.6 Å². The number of fused-ring (bicyclic) bond motifs is 1. The maximum absolute atomic E-state index is 13.3. The minimum Gasteiger partial charge on any atom is -0.497 e. The predicted octanol–water partition coefficient (Wildman–Crippen LogP) is 5.57. The molecule has 0 aliphatic carbocycles. The van der Waals surface area contributed by atoms with Crippen molar-refractivity contribution in [2.24, 2.45) is 0 Å². The zero-order valence-corrected chi connectivity index (χ0v) is 17.1. The molecule has 2 heterocycles. The van der Waals surface area contributed by atoms with Crippen molar-refractivity contribution in [3.05, 3.63) is 83.7 Å². The second-order valence-electron chi connectivity index (χ2n) is 6.66. The van der Waals surface area contributed by atoms with Crippen LogP contribution in [0.1, 0.15) is 21.5 Å². The highest BCUT2D eigenvalue weighted by molar-refractivity contribution is 7.22. The molecular formula is C22H16F3N3O2S. The quantitative estimate of drug-likeness (QED) is 0.405. The number of carbonyl (C=O) groups excluding carboxylic acids is 1. The number of pyridine rings is 1. The summed E-state index contributed by atoms with van der Waals surface area (Å²) in [6.07, 6.45) is -1.34. The van der Waals surface area contributed by atoms with E-state index >= 15 is 0 Å². The van der Waals surface area contributed by atoms with Gasteiger partial charge in [-0.3, -0.25) is 14.7 Å². The lowest BCUT2D eigenvalue weighted by Gasteiger charge is -2.20. The smallest absolute Gasteiger partial charge is 0.416 e. The van der Waals surface area contributed by atoms with Gasteiger partial charge in [0, 0.05) is 18.0 Å². The molecule has 2 aromatic heterocycles. The molecule has 0 spiro atoms. The van der Waals surface area contributed by atoms with Gasteiger partial charge in [0.2, 0.25) is 0 Å². The molecule has 0 N–H and O–H groups in total. The van der Waals surface area contributed by atoms with E-state index in [2.05, 4.69) is 9.97 Å². The first-order valence-corrected chi connectivity index (χ1v) is 9.99. The van der Waals surface area contributed by atoms with Gasteiger partial charge in [-0.25, -0.2) is 4.98 Å². The second kappa shape index (κ2) is 8.35. The van der Waals surface area contributed by atoms with Crippen LogP contribution in [0.15, 0.2) is 67.0 Å². The molecule has 4 aromatic rings. The molecule has 4 rings (SSSR count). The highest BCUT2D eigenvalue weighted by Gasteiger charge is 2.32. The molecule has 0 atom stereocenters. The Balaban J connectivity index is 1.77. The van der Waals surface area contributed by atoms with Crippen LogP contribution in [-0.2, 0) is 12.7 Å². The highest BCUT2D eigenvalue weighted by Crippen LogP contribution is 2.34. The summed E-state index contributed by atoms with van der Waals surface area (Å²) in [5.41, 5.74) is 0.428. The van der Waals surface area contributed by atoms with E-state index in [9.17, 15) is 18.0 Å². The van der Waals surface area contributed by atoms with Gasteiger partial charge in [-0.05, 0) is 48.0 Å². The van der Waals surface area contributed by atoms with Gasteiger partial charge in [-0.1, -0.05) is 23.5 Å². The molecule has 0 aliphatic heterocycles. The molecule has 0 fully saturated rings. The van der Waals surface area contributed by atoms with E-state index in [1.165, 1.54) is 28.4 Å². The third kappa shape index (κ3) is 4.51. The number of ether oxygens (including phenoxy) is 1. The molecule has 0 aliphatic rings. The molecule has 0 bridgehead atoms. The summed E-state index contributed by atoms with van der Waals surface area (Å²) in [6, 6.07) is 13.2. The third-order valence-electron chi connectivity index (χ3n) is 4.56. The van der Waals surface area contributed by atoms with Gasteiger partial charge >= 0.3 is 6.18 Å². The molecule has 2 aromatic carbocycles. The number of amides is 1. The van der Waals surface area contributed by atoms with E-state index in [1.807, 2.05) is 0 Å². The number of methoxy groups -OCH3 is 1. The number of thiazole rings is 1. The number of alkyl halides is 3. The Morgan fingerprint density at radius 2 is 1.97 bits per heavy atom. The first-order chi connectivity index (χ1) is 14.8. The lowest BCUT2D eigenvalue weighted by molar-refractivity contribution is -0.137. The number of benzene rings is 2. The average Bonchev–Trinajstić information content (AvgIpc) is 3.20. The van der Waals surface area contributed by atoms with Crippen molar-refractivity contribution in [2.75, 3.05) is 12.0 Å². The van der Waals surface area contributed by atoms with Gasteiger partial charge in [0.15, 0.2) is 5.13 Å². The number of halogens is 3. The minimum atomic E-state index is -4.54. The molecule has 9 heteroatoms. The first kappa shape index (κ1) is 20.8. The number of carbonyl (C=O) groups is 1. The number of anilines is 1. The Kier molecular flexibility index (Phi) is 5.60. The Hall–Kier alpha value is -3.46. The van der Waals surface area contributed by atoms with Gasteiger partial charge in [-0.15, -0.1) is 0 Å². The van der Waals surface area contributed by atoms with E-state index in [1.54, 1.807) is 49.8 Å². The molecule has 0 unspecified atom stereocenters. The van der Waals surface area contributed by atoms with Crippen LogP contribution < -0.4 is 9.64 Å². The van der Waals surface area contributed by atoms with Crippen molar-refractivity contribution < 1.29 is 22.7 Å². The number of hydrogen-bond donors (Lipinski definition) is 0. The molecule has 0 radical (unpaired) electrons. The van der Waals surface area contributed by atoms with Crippen molar-refractivity contribution in [2.45, 2.75) is 12.7 Å². The molecule has 1 amide bonds. The van der Waals surface area contributed by atoms with Gasteiger partial charge < -0.3 is 4.74 Å². The average molecular weight is 443 g/mol. The highest BCUT2D eigenvalue weighted by atomic mass is 32.1. The molecule has 5 nitrogen and oxygen atoms in total. The molecule has 31 heavy (non-hydrogen) atoms. The summed E-state index contributed by atoms with van der Waals surface area (Å²) in [7, 11) is 1.55. The van der Waals surface area contributed by atoms with Crippen LogP contribution in [-0.4, -0.2) is 23.0 Å². The van der Waals surface area contributed by atoms with Crippen LogP contribution in [0.3, 0.4) is 0 Å². The van der Waals surface area contributed by atoms with Crippen molar-refractivity contribution >= 4 is 32.6 Å². The number of hydrogen-bond acceptors (Lipinski definition) is 5. The molecule has 0 saturated carbocycles. The zero-order valence-electron chi connectivity index (χ0n) is 16.3. The Morgan fingerprint density at radius 1 is 1.13 bits per heavy atom. The minimum absolute atomic E-state index is 0.0736. The standard InChI is InChI=1S/C22H16F3N3O2S/c1-30-17-7-8-18-19(11-17)31-21(27-18)28(13-14-4-3-9-26-12-14)20(29)15-5-2-6-16(10-15)22(23,24)25/h2-12H,13H2,1H3. The molecule has 158 valence electrons. The fraction of sp³-hybridized carbons (Fsp3) is 0.136. The van der Waals surface area contributed by atoms with E-state index in [4.69, 9.17) is 4.74 Å². The summed E-state index contributed by atoms with van der Waals surface area (Å²) in [5.74, 6) is 0.0617. The SMILES string of the molecule is COc1ccc2nc(N(Cc3cccnc3)C(=O)c3cccc(C(F)(F)F)c3)sc2c1. The van der Waals surface area contributed by atoms with Crippen LogP contribution >= 0.6 is 11.3 Å². The van der Waals surface area contributed by atoms with Crippen LogP contribution in [0.5, 0.6) is 5.75 Å². The van der Waals surface area contributed by atoms with Gasteiger partial charge in [0.05, 0.1) is 29.4 Å². The predicted molar refractivity (Wildman–Crippen MR) is 112 cm³/mol. The van der Waals surface area contributed by atoms with Gasteiger partial charge in [0.1, 0.15) is 5.75 Å². The van der Waals surface area contributed by atoms with Gasteiger partial charge in [-0.2, -0.15) is 13.2 Å². The Labute approximate surface area is 179 Å². The van der Waals surface area contributed by atoms with Crippen LogP contribution in [0.2, 0.25) is 0 Å². The summed E-state index contributed by atoms with van der Waals surface area (Å²) in [6.45, 7) is 0.111. The van der Waals surface area contributed by atoms with Crippen LogP contribution in [0, 0.1) is 0 Å². The van der Waals surface area contributed by atoms with E-state index in [0.717, 1.165) is 22.4 Å². The number of nitrogens with zero attached hydrogens (tertiary/aromatic N) is 3. The van der Waals surface area contributed by atoms with Crippen LogP contribution in [0.25, 0.3) is 10.2 Å². The maximum atomic E-state index is 13.3. The third-order valence-corrected chi connectivity index (χ3v) is 5.60. The largest absolute Gasteiger partial charge is 0.497 e. The summed E-state index contributed by atoms with van der Waals surface area (Å²) in [4.78, 5) is 23.3. The maximum Gasteiger partial charge on any atom is 0.416 e. The fourth-order valence-corrected chi connectivity index (χ4v) is 4.01. The number of rotatable bonds is 5. The summed E-state index contributed by atoms with van der Waals surface area (Å²) >= 11 is 1.26. The van der Waals surface area contributed by atoms with Gasteiger partial charge in [0.25, 0.3) is 5.91 Å². The zero-order chi connectivity index (χ0) is 22.0. The van der Waals surface area contributed by atoms with E-state index in [-0.39, 0.29) is 12.1 Å². The second-order valence-corrected chi connectivity index (χ2v) is 7.67. The normalized spacial score (nSPS) is 11.5. The van der Waals surface area contributed by atoms with Crippen molar-refractivity contribution in [1.82, 2.24) is 9.97 Å². The lowest BCUT2D eigenvalue weighted by atomic mass is 10.1. The monoisotopic (exact) mass is 443 g/mol. The first-order valence-electron chi connectivity index (χ1n) is 9.18. The Bertz CT molecular complexity index is 1230. The van der Waals surface area contributed by atoms with Crippen LogP contribution in [0.4, 0.5) is 18.3 Å². The molecule has 0 saturated heterocycles. The van der Waals surface area contributed by atoms with Crippen molar-refractivity contribution in [3.63, 3.8) is 0 Å². The molecular weight excluding hydrogens is 427 g/mol. The topological polar surface area (TPSA) is 55.3 Å². The Morgan fingerprint density at radius 3 is 2.68 bits per heavy atom. The number of aromatic nitrogens is 2. The lowest BCUT2D eigenvalue weighted by Crippen LogP contribution is -2.30. The van der Waals surface area contributed by atoms with Crippen molar-refractivity contribution in [1.29, 1.82) is 0 Å².